The minimum atomic E-state index is -4.48. The fourth-order valence-electron chi connectivity index (χ4n) is 4.80. The molecule has 0 aromatic heterocycles. The number of rotatable bonds is 9. The number of sulfone groups is 1. The van der Waals surface area contributed by atoms with Gasteiger partial charge in [0.25, 0.3) is 10.0 Å². The van der Waals surface area contributed by atoms with Crippen molar-refractivity contribution >= 4 is 43.1 Å². The van der Waals surface area contributed by atoms with E-state index >= 15 is 4.39 Å². The third kappa shape index (κ3) is 7.22. The summed E-state index contributed by atoms with van der Waals surface area (Å²) in [7, 11) is -7.63. The van der Waals surface area contributed by atoms with Crippen LogP contribution in [0.1, 0.15) is 36.9 Å². The van der Waals surface area contributed by atoms with Crippen molar-refractivity contribution in [3.05, 3.63) is 94.3 Å². The second kappa shape index (κ2) is 12.4. The van der Waals surface area contributed by atoms with Crippen molar-refractivity contribution < 1.29 is 34.8 Å². The Balaban J connectivity index is 1.65. The molecule has 1 fully saturated rings. The second-order valence-electron chi connectivity index (χ2n) is 9.76. The maximum Gasteiger partial charge on any atom is 0.264 e. The molecule has 1 heterocycles. The molecule has 1 amide bonds. The molecule has 0 bridgehead atoms. The smallest absolute Gasteiger partial charge is 0.264 e. The van der Waals surface area contributed by atoms with Crippen molar-refractivity contribution in [2.45, 2.75) is 37.1 Å². The third-order valence-corrected chi connectivity index (χ3v) is 10.7. The molecule has 3 aromatic rings. The summed E-state index contributed by atoms with van der Waals surface area (Å²) in [5.74, 6) is -2.85. The van der Waals surface area contributed by atoms with E-state index in [9.17, 15) is 30.4 Å². The monoisotopic (exact) mass is 628 g/mol. The van der Waals surface area contributed by atoms with Crippen LogP contribution in [0.4, 0.5) is 18.9 Å². The van der Waals surface area contributed by atoms with E-state index in [1.54, 1.807) is 0 Å². The van der Waals surface area contributed by atoms with Crippen LogP contribution >= 0.6 is 11.6 Å². The van der Waals surface area contributed by atoms with Crippen LogP contribution in [0.25, 0.3) is 0 Å². The fourth-order valence-corrected chi connectivity index (χ4v) is 7.76. The molecule has 1 saturated heterocycles. The van der Waals surface area contributed by atoms with Crippen LogP contribution in [-0.2, 0) is 31.1 Å². The second-order valence-corrected chi connectivity index (χ2v) is 14.3. The van der Waals surface area contributed by atoms with E-state index in [0.29, 0.717) is 11.1 Å². The maximum absolute atomic E-state index is 15.1. The number of benzene rings is 3. The molecule has 3 aromatic carbocycles. The molecule has 7 nitrogen and oxygen atoms in total. The summed E-state index contributed by atoms with van der Waals surface area (Å²) in [6.45, 7) is 1.70. The first-order valence-corrected chi connectivity index (χ1v) is 16.4. The van der Waals surface area contributed by atoms with Gasteiger partial charge in [-0.05, 0) is 79.4 Å². The van der Waals surface area contributed by atoms with Gasteiger partial charge in [0.2, 0.25) is 5.91 Å². The van der Waals surface area contributed by atoms with Crippen LogP contribution in [0, 0.1) is 17.5 Å². The minimum absolute atomic E-state index is 0.0652. The Labute approximate surface area is 242 Å². The summed E-state index contributed by atoms with van der Waals surface area (Å²) in [6, 6.07) is 10.3. The van der Waals surface area contributed by atoms with E-state index in [-0.39, 0.29) is 59.7 Å². The van der Waals surface area contributed by atoms with Crippen molar-refractivity contribution in [2.24, 2.45) is 0 Å². The molecule has 0 spiro atoms. The Morgan fingerprint density at radius 3 is 2.24 bits per heavy atom. The van der Waals surface area contributed by atoms with Gasteiger partial charge in [-0.1, -0.05) is 17.7 Å². The first-order chi connectivity index (χ1) is 19.3. The van der Waals surface area contributed by atoms with Crippen molar-refractivity contribution in [1.29, 1.82) is 0 Å². The average molecular weight is 629 g/mol. The van der Waals surface area contributed by atoms with Crippen LogP contribution in [0.3, 0.4) is 0 Å². The van der Waals surface area contributed by atoms with Crippen LogP contribution in [0.5, 0.6) is 0 Å². The minimum Gasteiger partial charge on any atom is -0.341 e. The van der Waals surface area contributed by atoms with Gasteiger partial charge in [-0.25, -0.2) is 30.0 Å². The Morgan fingerprint density at radius 1 is 0.976 bits per heavy atom. The number of halogens is 4. The lowest BCUT2D eigenvalue weighted by Crippen LogP contribution is -2.43. The first kappa shape index (κ1) is 30.9. The Bertz CT molecular complexity index is 1640. The zero-order valence-corrected chi connectivity index (χ0v) is 24.5. The Morgan fingerprint density at radius 2 is 1.59 bits per heavy atom. The predicted molar refractivity (Wildman–Crippen MR) is 150 cm³/mol. The van der Waals surface area contributed by atoms with E-state index in [1.807, 2.05) is 0 Å². The van der Waals surface area contributed by atoms with E-state index in [4.69, 9.17) is 11.6 Å². The van der Waals surface area contributed by atoms with Gasteiger partial charge < -0.3 is 4.90 Å². The molecule has 1 unspecified atom stereocenters. The highest BCUT2D eigenvalue weighted by atomic mass is 35.5. The molecule has 220 valence electrons. The number of hydrogen-bond donors (Lipinski definition) is 0. The molecule has 0 radical (unpaired) electrons. The molecule has 1 atom stereocenters. The number of hydrogen-bond acceptors (Lipinski definition) is 5. The number of anilines is 1. The molecule has 1 aliphatic rings. The maximum atomic E-state index is 15.1. The van der Waals surface area contributed by atoms with Gasteiger partial charge in [-0.15, -0.1) is 0 Å². The van der Waals surface area contributed by atoms with Gasteiger partial charge in [0.1, 0.15) is 17.5 Å². The largest absolute Gasteiger partial charge is 0.341 e. The molecule has 13 heteroatoms. The third-order valence-electron chi connectivity index (χ3n) is 6.96. The van der Waals surface area contributed by atoms with Gasteiger partial charge >= 0.3 is 0 Å². The number of carbonyl (C=O) groups is 1. The topological polar surface area (TPSA) is 91.8 Å². The molecule has 0 saturated carbocycles. The standard InChI is InChI=1S/C28H28ClF3N2O5S2/c1-19(34(27-18-23(31)8-12-26(27)32)41(38,39)24-9-5-21(29)6-10-24)25-11-7-22(30)17-20(25)3-2-4-28(35)33-13-15-40(36,37)16-14-33/h5-12,17-19H,2-4,13-16H2,1H3. The fraction of sp³-hybridized carbons (Fsp3) is 0.321. The van der Waals surface area contributed by atoms with Crippen molar-refractivity contribution in [3.8, 4) is 0 Å². The molecule has 41 heavy (non-hydrogen) atoms. The molecule has 0 N–H and O–H groups in total. The highest BCUT2D eigenvalue weighted by Gasteiger charge is 2.34. The average Bonchev–Trinajstić information content (AvgIpc) is 2.91. The van der Waals surface area contributed by atoms with Crippen LogP contribution in [0.15, 0.2) is 65.6 Å². The normalized spacial score (nSPS) is 15.9. The first-order valence-electron chi connectivity index (χ1n) is 12.8. The summed E-state index contributed by atoms with van der Waals surface area (Å²) in [5.41, 5.74) is 0.196. The summed E-state index contributed by atoms with van der Waals surface area (Å²) < 4.78 is 95.4. The summed E-state index contributed by atoms with van der Waals surface area (Å²) in [5, 5.41) is 0.280. The van der Waals surface area contributed by atoms with Gasteiger partial charge in [0.15, 0.2) is 9.84 Å². The van der Waals surface area contributed by atoms with E-state index in [2.05, 4.69) is 0 Å². The highest BCUT2D eigenvalue weighted by molar-refractivity contribution is 7.93. The lowest BCUT2D eigenvalue weighted by molar-refractivity contribution is -0.130. The number of amides is 1. The van der Waals surface area contributed by atoms with Crippen LogP contribution in [0.2, 0.25) is 5.02 Å². The summed E-state index contributed by atoms with van der Waals surface area (Å²) in [6.07, 6.45) is 0.509. The Hall–Kier alpha value is -3.09. The van der Waals surface area contributed by atoms with E-state index in [0.717, 1.165) is 28.6 Å². The van der Waals surface area contributed by atoms with E-state index < -0.39 is 49.0 Å². The molecule has 4 rings (SSSR count). The molecule has 1 aliphatic heterocycles. The molecular formula is C28H28ClF3N2O5S2. The lowest BCUT2D eigenvalue weighted by Gasteiger charge is -2.32. The van der Waals surface area contributed by atoms with Crippen LogP contribution in [-0.4, -0.2) is 52.2 Å². The molecular weight excluding hydrogens is 601 g/mol. The van der Waals surface area contributed by atoms with Crippen molar-refractivity contribution in [1.82, 2.24) is 4.90 Å². The van der Waals surface area contributed by atoms with E-state index in [1.165, 1.54) is 48.2 Å². The Kier molecular flexibility index (Phi) is 9.35. The van der Waals surface area contributed by atoms with Gasteiger partial charge in [-0.3, -0.25) is 9.10 Å². The number of nitrogens with zero attached hydrogens (tertiary/aromatic N) is 2. The molecule has 0 aliphatic carbocycles. The summed E-state index contributed by atoms with van der Waals surface area (Å²) in [4.78, 5) is 13.9. The summed E-state index contributed by atoms with van der Waals surface area (Å²) >= 11 is 5.92. The van der Waals surface area contributed by atoms with Gasteiger partial charge in [0.05, 0.1) is 28.1 Å². The SMILES string of the molecule is CC(c1ccc(F)cc1CCCC(=O)N1CCS(=O)(=O)CC1)N(c1cc(F)ccc1F)S(=O)(=O)c1ccc(Cl)cc1. The number of sulfonamides is 1. The lowest BCUT2D eigenvalue weighted by atomic mass is 9.96. The van der Waals surface area contributed by atoms with Crippen LogP contribution < -0.4 is 4.31 Å². The zero-order chi connectivity index (χ0) is 29.9. The predicted octanol–water partition coefficient (Wildman–Crippen LogP) is 5.29. The number of aryl methyl sites for hydroxylation is 1. The van der Waals surface area contributed by atoms with Gasteiger partial charge in [0, 0.05) is 30.6 Å². The zero-order valence-electron chi connectivity index (χ0n) is 22.1. The van der Waals surface area contributed by atoms with Crippen molar-refractivity contribution in [3.63, 3.8) is 0 Å². The van der Waals surface area contributed by atoms with Crippen molar-refractivity contribution in [2.75, 3.05) is 28.9 Å². The quantitative estimate of drug-likeness (QED) is 0.321. The van der Waals surface area contributed by atoms with Gasteiger partial charge in [-0.2, -0.15) is 0 Å². The number of carbonyl (C=O) groups excluding carboxylic acids is 1. The highest BCUT2D eigenvalue weighted by Crippen LogP contribution is 2.37.